The van der Waals surface area contributed by atoms with Crippen molar-refractivity contribution in [3.05, 3.63) is 104 Å². The Morgan fingerprint density at radius 1 is 1.05 bits per heavy atom. The third-order valence-electron chi connectivity index (χ3n) is 7.63. The van der Waals surface area contributed by atoms with Crippen molar-refractivity contribution in [3.8, 4) is 0 Å². The maximum absolute atomic E-state index is 16.4. The fraction of sp³-hybridized carbons (Fsp3) is 0.312. The number of hydrogen-bond donors (Lipinski definition) is 0. The second-order valence-corrected chi connectivity index (χ2v) is 11.2. The van der Waals surface area contributed by atoms with Gasteiger partial charge in [0.05, 0.1) is 36.3 Å². The molecule has 42 heavy (non-hydrogen) atoms. The number of carbonyl (C=O) groups excluding carboxylic acids is 4. The molecule has 0 aromatic heterocycles. The summed E-state index contributed by atoms with van der Waals surface area (Å²) in [6, 6.07) is 14.4. The largest absolute Gasteiger partial charge is 0.466 e. The van der Waals surface area contributed by atoms with E-state index in [4.69, 9.17) is 32.7 Å². The van der Waals surface area contributed by atoms with Gasteiger partial charge in [0.2, 0.25) is 5.72 Å². The van der Waals surface area contributed by atoms with Crippen molar-refractivity contribution in [2.45, 2.75) is 57.4 Å². The molecule has 3 atom stereocenters. The zero-order valence-corrected chi connectivity index (χ0v) is 24.5. The first-order valence-corrected chi connectivity index (χ1v) is 14.4. The van der Waals surface area contributed by atoms with Gasteiger partial charge in [-0.3, -0.25) is 24.1 Å². The first-order chi connectivity index (χ1) is 20.0. The zero-order valence-electron chi connectivity index (χ0n) is 23.0. The molecule has 1 heterocycles. The van der Waals surface area contributed by atoms with E-state index in [9.17, 15) is 19.2 Å². The SMILES string of the molecule is CCOC(=O)C[C@@H](c1ccc(Cl)cc1)N1C(=O)c2cc(C(C)=O)cc(F)c2[C@]1(O[C@H]1CCC(=O)C1)c1ccc(Cl)cc1. The van der Waals surface area contributed by atoms with Crippen LogP contribution in [0.25, 0.3) is 0 Å². The van der Waals surface area contributed by atoms with Crippen LogP contribution in [0.3, 0.4) is 0 Å². The molecule has 0 saturated heterocycles. The van der Waals surface area contributed by atoms with Gasteiger partial charge in [-0.2, -0.15) is 0 Å². The minimum atomic E-state index is -1.93. The van der Waals surface area contributed by atoms with Crippen LogP contribution in [-0.4, -0.2) is 41.1 Å². The molecule has 0 radical (unpaired) electrons. The molecular formula is C32H28Cl2FNO6. The minimum absolute atomic E-state index is 0.0101. The Kier molecular flexibility index (Phi) is 8.51. The number of amides is 1. The second kappa shape index (κ2) is 12.0. The van der Waals surface area contributed by atoms with Crippen molar-refractivity contribution >= 4 is 46.6 Å². The van der Waals surface area contributed by atoms with Crippen LogP contribution < -0.4 is 0 Å². The minimum Gasteiger partial charge on any atom is -0.466 e. The topological polar surface area (TPSA) is 90.0 Å². The summed E-state index contributed by atoms with van der Waals surface area (Å²) >= 11 is 12.4. The molecule has 0 bridgehead atoms. The van der Waals surface area contributed by atoms with Gasteiger partial charge in [0.1, 0.15) is 11.6 Å². The Balaban J connectivity index is 1.83. The summed E-state index contributed by atoms with van der Waals surface area (Å²) in [4.78, 5) is 53.5. The highest BCUT2D eigenvalue weighted by molar-refractivity contribution is 6.30. The van der Waals surface area contributed by atoms with Gasteiger partial charge in [0.15, 0.2) is 5.78 Å². The number of hydrogen-bond acceptors (Lipinski definition) is 6. The van der Waals surface area contributed by atoms with Crippen molar-refractivity contribution in [1.82, 2.24) is 4.90 Å². The lowest BCUT2D eigenvalue weighted by atomic mass is 9.89. The third-order valence-corrected chi connectivity index (χ3v) is 8.13. The molecule has 0 unspecified atom stereocenters. The number of ether oxygens (including phenoxy) is 2. The molecular weight excluding hydrogens is 584 g/mol. The predicted molar refractivity (Wildman–Crippen MR) is 154 cm³/mol. The van der Waals surface area contributed by atoms with Crippen LogP contribution in [0, 0.1) is 5.82 Å². The monoisotopic (exact) mass is 611 g/mol. The first kappa shape index (κ1) is 29.9. The zero-order chi connectivity index (χ0) is 30.2. The maximum Gasteiger partial charge on any atom is 0.308 e. The Hall–Kier alpha value is -3.59. The number of halogens is 3. The lowest BCUT2D eigenvalue weighted by molar-refractivity contribution is -0.163. The van der Waals surface area contributed by atoms with Gasteiger partial charge in [0, 0.05) is 34.0 Å². The smallest absolute Gasteiger partial charge is 0.308 e. The Morgan fingerprint density at radius 2 is 1.69 bits per heavy atom. The van der Waals surface area contributed by atoms with Gasteiger partial charge in [0.25, 0.3) is 5.91 Å². The summed E-state index contributed by atoms with van der Waals surface area (Å²) < 4.78 is 28.4. The van der Waals surface area contributed by atoms with Crippen molar-refractivity contribution in [3.63, 3.8) is 0 Å². The molecule has 0 N–H and O–H groups in total. The molecule has 1 fully saturated rings. The van der Waals surface area contributed by atoms with Crippen molar-refractivity contribution in [1.29, 1.82) is 0 Å². The van der Waals surface area contributed by atoms with Gasteiger partial charge >= 0.3 is 5.97 Å². The van der Waals surface area contributed by atoms with E-state index in [0.29, 0.717) is 27.6 Å². The van der Waals surface area contributed by atoms with E-state index in [1.165, 1.54) is 17.9 Å². The predicted octanol–water partition coefficient (Wildman–Crippen LogP) is 6.82. The van der Waals surface area contributed by atoms with E-state index in [-0.39, 0.29) is 48.3 Å². The van der Waals surface area contributed by atoms with Gasteiger partial charge in [-0.05, 0) is 62.2 Å². The number of esters is 1. The molecule has 7 nitrogen and oxygen atoms in total. The van der Waals surface area contributed by atoms with Crippen molar-refractivity contribution in [2.75, 3.05) is 6.61 Å². The van der Waals surface area contributed by atoms with E-state index in [2.05, 4.69) is 0 Å². The number of carbonyl (C=O) groups is 4. The molecule has 3 aromatic carbocycles. The second-order valence-electron chi connectivity index (χ2n) is 10.4. The Bertz CT molecular complexity index is 1560. The van der Waals surface area contributed by atoms with E-state index in [0.717, 1.165) is 6.07 Å². The van der Waals surface area contributed by atoms with Crippen LogP contribution in [0.4, 0.5) is 4.39 Å². The number of nitrogens with zero attached hydrogens (tertiary/aromatic N) is 1. The van der Waals surface area contributed by atoms with Crippen LogP contribution in [0.5, 0.6) is 0 Å². The van der Waals surface area contributed by atoms with Gasteiger partial charge in [-0.25, -0.2) is 4.39 Å². The average Bonchev–Trinajstić information content (AvgIpc) is 3.46. The van der Waals surface area contributed by atoms with Crippen LogP contribution in [0.2, 0.25) is 10.0 Å². The van der Waals surface area contributed by atoms with Gasteiger partial charge < -0.3 is 9.47 Å². The van der Waals surface area contributed by atoms with E-state index < -0.39 is 41.3 Å². The van der Waals surface area contributed by atoms with Gasteiger partial charge in [-0.1, -0.05) is 47.5 Å². The Morgan fingerprint density at radius 3 is 2.26 bits per heavy atom. The number of ketones is 2. The summed E-state index contributed by atoms with van der Waals surface area (Å²) in [5.41, 5.74) is -1.23. The standard InChI is InChI=1S/C32H28Cl2FNO6/c1-3-41-29(39)17-28(19-4-8-22(33)9-5-19)36-31(40)26-14-20(18(2)37)15-27(35)30(26)32(36,21-6-10-23(34)11-7-21)42-25-13-12-24(38)16-25/h4-11,14-15,25,28H,3,12-13,16-17H2,1-2H3/t25-,28-,32+/m0/s1. The van der Waals surface area contributed by atoms with E-state index in [1.807, 2.05) is 0 Å². The summed E-state index contributed by atoms with van der Waals surface area (Å²) in [6.45, 7) is 3.06. The maximum atomic E-state index is 16.4. The van der Waals surface area contributed by atoms with Crippen LogP contribution in [0.15, 0.2) is 60.7 Å². The summed E-state index contributed by atoms with van der Waals surface area (Å²) in [5, 5.41) is 0.834. The van der Waals surface area contributed by atoms with Crippen LogP contribution in [-0.2, 0) is 24.8 Å². The molecule has 1 saturated carbocycles. The van der Waals surface area contributed by atoms with Crippen LogP contribution in [0.1, 0.15) is 83.0 Å². The molecule has 1 aliphatic carbocycles. The molecule has 2 aliphatic rings. The molecule has 218 valence electrons. The highest BCUT2D eigenvalue weighted by Gasteiger charge is 2.58. The fourth-order valence-electron chi connectivity index (χ4n) is 5.76. The van der Waals surface area contributed by atoms with Gasteiger partial charge in [-0.15, -0.1) is 0 Å². The molecule has 3 aromatic rings. The number of fused-ring (bicyclic) bond motifs is 1. The number of rotatable bonds is 9. The van der Waals surface area contributed by atoms with Crippen molar-refractivity contribution in [2.24, 2.45) is 0 Å². The fourth-order valence-corrected chi connectivity index (χ4v) is 6.01. The first-order valence-electron chi connectivity index (χ1n) is 13.6. The average molecular weight is 612 g/mol. The van der Waals surface area contributed by atoms with Crippen molar-refractivity contribution < 1.29 is 33.0 Å². The quantitative estimate of drug-likeness (QED) is 0.195. The summed E-state index contributed by atoms with van der Waals surface area (Å²) in [6.07, 6.45) is -0.239. The Labute approximate surface area is 252 Å². The summed E-state index contributed by atoms with van der Waals surface area (Å²) in [5.74, 6) is -2.53. The highest BCUT2D eigenvalue weighted by Crippen LogP contribution is 2.53. The number of benzene rings is 3. The van der Waals surface area contributed by atoms with Crippen LogP contribution >= 0.6 is 23.2 Å². The van der Waals surface area contributed by atoms with E-state index in [1.54, 1.807) is 55.5 Å². The molecule has 1 aliphatic heterocycles. The normalized spacial score (nSPS) is 20.5. The molecule has 0 spiro atoms. The molecule has 1 amide bonds. The molecule has 5 rings (SSSR count). The lowest BCUT2D eigenvalue weighted by Gasteiger charge is -2.45. The third kappa shape index (κ3) is 5.46. The molecule has 10 heteroatoms. The van der Waals surface area contributed by atoms with E-state index >= 15 is 4.39 Å². The summed E-state index contributed by atoms with van der Waals surface area (Å²) in [7, 11) is 0. The lowest BCUT2D eigenvalue weighted by Crippen LogP contribution is -2.51. The highest BCUT2D eigenvalue weighted by atomic mass is 35.5. The number of Topliss-reactive ketones (excluding diaryl/α,β-unsaturated/α-hetero) is 2.